The largest absolute Gasteiger partial charge is 0.497 e. The summed E-state index contributed by atoms with van der Waals surface area (Å²) in [5.74, 6) is 0.839. The van der Waals surface area contributed by atoms with Gasteiger partial charge in [0.25, 0.3) is 0 Å². The lowest BCUT2D eigenvalue weighted by atomic mass is 10.0. The Bertz CT molecular complexity index is 537. The normalized spacial score (nSPS) is 12.2. The molecule has 0 aromatic heterocycles. The van der Waals surface area contributed by atoms with Crippen LogP contribution in [0.25, 0.3) is 0 Å². The summed E-state index contributed by atoms with van der Waals surface area (Å²) in [5.41, 5.74) is 3.35. The fourth-order valence-electron chi connectivity index (χ4n) is 1.79. The molecule has 0 spiro atoms. The lowest BCUT2D eigenvalue weighted by Gasteiger charge is -2.13. The fourth-order valence-corrected chi connectivity index (χ4v) is 2.98. The first kappa shape index (κ1) is 13.4. The molecule has 1 atom stereocenters. The molecule has 0 aliphatic carbocycles. The van der Waals surface area contributed by atoms with Gasteiger partial charge in [-0.1, -0.05) is 40.2 Å². The van der Waals surface area contributed by atoms with E-state index in [-0.39, 0.29) is 5.38 Å². The zero-order chi connectivity index (χ0) is 13.1. The van der Waals surface area contributed by atoms with E-state index in [9.17, 15) is 0 Å². The second kappa shape index (κ2) is 5.77. The molecule has 1 unspecified atom stereocenters. The first-order valence-electron chi connectivity index (χ1n) is 5.66. The topological polar surface area (TPSA) is 9.23 Å². The summed E-state index contributed by atoms with van der Waals surface area (Å²) in [4.78, 5) is 0. The van der Waals surface area contributed by atoms with Gasteiger partial charge in [-0.25, -0.2) is 0 Å². The third-order valence-electron chi connectivity index (χ3n) is 2.84. The van der Waals surface area contributed by atoms with E-state index in [1.54, 1.807) is 7.11 Å². The highest BCUT2D eigenvalue weighted by molar-refractivity contribution is 9.10. The highest BCUT2D eigenvalue weighted by Gasteiger charge is 2.13. The molecule has 0 heterocycles. The van der Waals surface area contributed by atoms with Crippen molar-refractivity contribution in [1.82, 2.24) is 0 Å². The molecule has 0 bridgehead atoms. The van der Waals surface area contributed by atoms with Crippen LogP contribution in [0.3, 0.4) is 0 Å². The van der Waals surface area contributed by atoms with E-state index in [0.29, 0.717) is 0 Å². The molecule has 94 valence electrons. The number of ether oxygens (including phenoxy) is 1. The molecule has 1 nitrogen and oxygen atoms in total. The second-order valence-electron chi connectivity index (χ2n) is 4.16. The summed E-state index contributed by atoms with van der Waals surface area (Å²) in [6, 6.07) is 14.0. The van der Waals surface area contributed by atoms with Crippen LogP contribution in [-0.4, -0.2) is 7.11 Å². The van der Waals surface area contributed by atoms with E-state index >= 15 is 0 Å². The van der Waals surface area contributed by atoms with Crippen LogP contribution < -0.4 is 4.74 Å². The van der Waals surface area contributed by atoms with Crippen molar-refractivity contribution in [3.8, 4) is 5.75 Å². The van der Waals surface area contributed by atoms with Gasteiger partial charge in [0.2, 0.25) is 0 Å². The number of rotatable bonds is 3. The summed E-state index contributed by atoms with van der Waals surface area (Å²) in [5, 5.41) is -0.161. The minimum Gasteiger partial charge on any atom is -0.497 e. The quantitative estimate of drug-likeness (QED) is 0.714. The number of alkyl halides is 1. The summed E-state index contributed by atoms with van der Waals surface area (Å²) in [7, 11) is 1.66. The molecule has 3 heteroatoms. The van der Waals surface area contributed by atoms with Gasteiger partial charge in [-0.2, -0.15) is 0 Å². The highest BCUT2D eigenvalue weighted by Crippen LogP contribution is 2.34. The van der Waals surface area contributed by atoms with Crippen molar-refractivity contribution in [2.24, 2.45) is 0 Å². The van der Waals surface area contributed by atoms with Crippen LogP contribution >= 0.6 is 27.5 Å². The van der Waals surface area contributed by atoms with E-state index in [1.165, 1.54) is 5.56 Å². The Morgan fingerprint density at radius 3 is 2.33 bits per heavy atom. The molecule has 0 aliphatic heterocycles. The average Bonchev–Trinajstić information content (AvgIpc) is 2.38. The highest BCUT2D eigenvalue weighted by atomic mass is 79.9. The fraction of sp³-hybridized carbons (Fsp3) is 0.200. The number of hydrogen-bond acceptors (Lipinski definition) is 1. The lowest BCUT2D eigenvalue weighted by molar-refractivity contribution is 0.414. The maximum absolute atomic E-state index is 6.51. The van der Waals surface area contributed by atoms with E-state index in [0.717, 1.165) is 21.3 Å². The van der Waals surface area contributed by atoms with Crippen molar-refractivity contribution in [1.29, 1.82) is 0 Å². The lowest BCUT2D eigenvalue weighted by Crippen LogP contribution is -1.95. The number of aryl methyl sites for hydroxylation is 1. The zero-order valence-electron chi connectivity index (χ0n) is 10.3. The van der Waals surface area contributed by atoms with Crippen LogP contribution in [0.15, 0.2) is 46.9 Å². The molecule has 0 fully saturated rings. The van der Waals surface area contributed by atoms with Gasteiger partial charge in [0, 0.05) is 4.47 Å². The number of benzene rings is 2. The predicted octanol–water partition coefficient (Wildman–Crippen LogP) is 5.09. The van der Waals surface area contributed by atoms with Crippen LogP contribution in [0.2, 0.25) is 0 Å². The molecule has 0 N–H and O–H groups in total. The minimum absolute atomic E-state index is 0.161. The Morgan fingerprint density at radius 2 is 1.78 bits per heavy atom. The molecule has 0 saturated carbocycles. The summed E-state index contributed by atoms with van der Waals surface area (Å²) in [6.45, 7) is 2.06. The molecule has 0 amide bonds. The molecular weight excluding hydrogens is 312 g/mol. The summed E-state index contributed by atoms with van der Waals surface area (Å²) >= 11 is 10.1. The van der Waals surface area contributed by atoms with E-state index in [4.69, 9.17) is 16.3 Å². The monoisotopic (exact) mass is 324 g/mol. The van der Waals surface area contributed by atoms with Gasteiger partial charge < -0.3 is 4.74 Å². The van der Waals surface area contributed by atoms with Gasteiger partial charge in [0.15, 0.2) is 0 Å². The molecular formula is C15H14BrClO. The maximum Gasteiger partial charge on any atom is 0.118 e. The molecule has 2 aromatic rings. The molecule has 2 rings (SSSR count). The molecule has 18 heavy (non-hydrogen) atoms. The van der Waals surface area contributed by atoms with E-state index in [1.807, 2.05) is 24.3 Å². The van der Waals surface area contributed by atoms with E-state index in [2.05, 4.69) is 41.1 Å². The Hall–Kier alpha value is -0.990. The Kier molecular flexibility index (Phi) is 4.31. The number of methoxy groups -OCH3 is 1. The first-order valence-corrected chi connectivity index (χ1v) is 6.89. The minimum atomic E-state index is -0.161. The van der Waals surface area contributed by atoms with Crippen LogP contribution in [0.4, 0.5) is 0 Å². The first-order chi connectivity index (χ1) is 8.61. The second-order valence-corrected chi connectivity index (χ2v) is 5.45. The Labute approximate surface area is 121 Å². The Balaban J connectivity index is 2.31. The van der Waals surface area contributed by atoms with Crippen molar-refractivity contribution in [2.45, 2.75) is 12.3 Å². The van der Waals surface area contributed by atoms with Crippen molar-refractivity contribution >= 4 is 27.5 Å². The standard InChI is InChI=1S/C15H14BrClO/c1-10-3-8-13(14(16)9-10)15(17)11-4-6-12(18-2)7-5-11/h3-9,15H,1-2H3. The van der Waals surface area contributed by atoms with Crippen molar-refractivity contribution in [2.75, 3.05) is 7.11 Å². The average molecular weight is 326 g/mol. The number of halogens is 2. The Morgan fingerprint density at radius 1 is 1.11 bits per heavy atom. The van der Waals surface area contributed by atoms with Crippen LogP contribution in [0.1, 0.15) is 22.1 Å². The van der Waals surface area contributed by atoms with Gasteiger partial charge in [-0.15, -0.1) is 11.6 Å². The number of hydrogen-bond donors (Lipinski definition) is 0. The maximum atomic E-state index is 6.51. The molecule has 0 saturated heterocycles. The van der Waals surface area contributed by atoms with Crippen molar-refractivity contribution in [3.63, 3.8) is 0 Å². The molecule has 2 aromatic carbocycles. The molecule has 0 radical (unpaired) electrons. The predicted molar refractivity (Wildman–Crippen MR) is 79.6 cm³/mol. The van der Waals surface area contributed by atoms with Gasteiger partial charge in [0.05, 0.1) is 12.5 Å². The van der Waals surface area contributed by atoms with Crippen LogP contribution in [0, 0.1) is 6.92 Å². The summed E-state index contributed by atoms with van der Waals surface area (Å²) in [6.07, 6.45) is 0. The van der Waals surface area contributed by atoms with Gasteiger partial charge in [0.1, 0.15) is 5.75 Å². The van der Waals surface area contributed by atoms with Gasteiger partial charge >= 0.3 is 0 Å². The van der Waals surface area contributed by atoms with Crippen LogP contribution in [-0.2, 0) is 0 Å². The van der Waals surface area contributed by atoms with Gasteiger partial charge in [-0.05, 0) is 41.8 Å². The van der Waals surface area contributed by atoms with Gasteiger partial charge in [-0.3, -0.25) is 0 Å². The van der Waals surface area contributed by atoms with E-state index < -0.39 is 0 Å². The smallest absolute Gasteiger partial charge is 0.118 e. The van der Waals surface area contributed by atoms with Crippen molar-refractivity contribution in [3.05, 3.63) is 63.6 Å². The third kappa shape index (κ3) is 2.88. The molecule has 0 aliphatic rings. The SMILES string of the molecule is COc1ccc(C(Cl)c2ccc(C)cc2Br)cc1. The summed E-state index contributed by atoms with van der Waals surface area (Å²) < 4.78 is 6.18. The van der Waals surface area contributed by atoms with Crippen molar-refractivity contribution < 1.29 is 4.74 Å². The van der Waals surface area contributed by atoms with Crippen LogP contribution in [0.5, 0.6) is 5.75 Å². The zero-order valence-corrected chi connectivity index (χ0v) is 12.6. The third-order valence-corrected chi connectivity index (χ3v) is 4.01.